The summed E-state index contributed by atoms with van der Waals surface area (Å²) in [7, 11) is 0. The zero-order chi connectivity index (χ0) is 21.3. The molecule has 4 rings (SSSR count). The monoisotopic (exact) mass is 416 g/mol. The van der Waals surface area contributed by atoms with Gasteiger partial charge in [-0.15, -0.1) is 0 Å². The highest BCUT2D eigenvalue weighted by Crippen LogP contribution is 2.34. The lowest BCUT2D eigenvalue weighted by Crippen LogP contribution is -2.49. The van der Waals surface area contributed by atoms with Crippen molar-refractivity contribution >= 4 is 22.6 Å². The van der Waals surface area contributed by atoms with Gasteiger partial charge >= 0.3 is 6.18 Å². The first-order chi connectivity index (χ1) is 14.3. The van der Waals surface area contributed by atoms with Crippen LogP contribution in [-0.4, -0.2) is 53.4 Å². The molecule has 0 spiro atoms. The predicted molar refractivity (Wildman–Crippen MR) is 110 cm³/mol. The maximum absolute atomic E-state index is 13.0. The van der Waals surface area contributed by atoms with Crippen LogP contribution in [0.2, 0.25) is 0 Å². The minimum Gasteiger partial charge on any atom is -0.385 e. The molecule has 30 heavy (non-hydrogen) atoms. The molecule has 0 bridgehead atoms. The number of carbonyl (C=O) groups excluding carboxylic acids is 1. The van der Waals surface area contributed by atoms with Gasteiger partial charge in [0.15, 0.2) is 0 Å². The number of alkyl halides is 3. The van der Waals surface area contributed by atoms with Crippen LogP contribution in [-0.2, 0) is 12.6 Å². The van der Waals surface area contributed by atoms with Gasteiger partial charge in [0.1, 0.15) is 5.82 Å². The number of halogens is 3. The molecule has 3 aromatic rings. The van der Waals surface area contributed by atoms with Gasteiger partial charge in [0, 0.05) is 43.6 Å². The fourth-order valence-corrected chi connectivity index (χ4v) is 3.89. The normalized spacial score (nSPS) is 15.6. The van der Waals surface area contributed by atoms with Gasteiger partial charge in [-0.05, 0) is 24.1 Å². The first kappa shape index (κ1) is 20.3. The molecule has 8 heteroatoms. The standard InChI is InChI=1S/C22H23F3N4O/c23-22(24,25)16-6-7-17-18(14-16)27-20(26)19(17)21(30)29-12-10-28(11-13-29)9-8-15-4-2-1-3-5-15/h1-7,14,27H,8-13,26H2. The number of nitrogens with zero attached hydrogens (tertiary/aromatic N) is 2. The minimum atomic E-state index is -4.45. The number of nitrogen functional groups attached to an aromatic ring is 1. The lowest BCUT2D eigenvalue weighted by atomic mass is 10.1. The summed E-state index contributed by atoms with van der Waals surface area (Å²) in [6.45, 7) is 3.53. The van der Waals surface area contributed by atoms with Crippen molar-refractivity contribution in [2.24, 2.45) is 0 Å². The summed E-state index contributed by atoms with van der Waals surface area (Å²) in [5, 5.41) is 0.414. The molecule has 0 saturated carbocycles. The van der Waals surface area contributed by atoms with Crippen molar-refractivity contribution in [3.8, 4) is 0 Å². The van der Waals surface area contributed by atoms with E-state index >= 15 is 0 Å². The molecule has 0 unspecified atom stereocenters. The van der Waals surface area contributed by atoms with E-state index in [1.165, 1.54) is 11.6 Å². The largest absolute Gasteiger partial charge is 0.416 e. The second-order valence-corrected chi connectivity index (χ2v) is 7.54. The van der Waals surface area contributed by atoms with E-state index in [0.717, 1.165) is 38.2 Å². The summed E-state index contributed by atoms with van der Waals surface area (Å²) in [5.74, 6) is -0.151. The Labute approximate surface area is 172 Å². The van der Waals surface area contributed by atoms with Gasteiger partial charge in [0.05, 0.1) is 11.1 Å². The van der Waals surface area contributed by atoms with Crippen molar-refractivity contribution in [1.82, 2.24) is 14.8 Å². The Hall–Kier alpha value is -3.00. The van der Waals surface area contributed by atoms with Gasteiger partial charge in [-0.1, -0.05) is 36.4 Å². The second-order valence-electron chi connectivity index (χ2n) is 7.54. The van der Waals surface area contributed by atoms with Crippen LogP contribution in [0.25, 0.3) is 10.9 Å². The highest BCUT2D eigenvalue weighted by molar-refractivity contribution is 6.11. The number of nitrogens with two attached hydrogens (primary N) is 1. The number of hydrogen-bond acceptors (Lipinski definition) is 3. The molecule has 1 aliphatic rings. The lowest BCUT2D eigenvalue weighted by molar-refractivity contribution is -0.137. The molecule has 1 aromatic heterocycles. The zero-order valence-electron chi connectivity index (χ0n) is 16.4. The molecule has 3 N–H and O–H groups in total. The number of rotatable bonds is 4. The maximum atomic E-state index is 13.0. The molecule has 1 fully saturated rings. The van der Waals surface area contributed by atoms with E-state index in [9.17, 15) is 18.0 Å². The first-order valence-corrected chi connectivity index (χ1v) is 9.87. The molecule has 0 radical (unpaired) electrons. The van der Waals surface area contributed by atoms with Crippen molar-refractivity contribution in [2.75, 3.05) is 38.5 Å². The van der Waals surface area contributed by atoms with Crippen LogP contribution in [0.5, 0.6) is 0 Å². The third kappa shape index (κ3) is 4.14. The molecule has 1 aliphatic heterocycles. The van der Waals surface area contributed by atoms with Gasteiger partial charge in [-0.25, -0.2) is 0 Å². The zero-order valence-corrected chi connectivity index (χ0v) is 16.4. The minimum absolute atomic E-state index is 0.0980. The van der Waals surface area contributed by atoms with E-state index in [2.05, 4.69) is 22.0 Å². The Morgan fingerprint density at radius 1 is 1.03 bits per heavy atom. The number of aromatic amines is 1. The molecular formula is C22H23F3N4O. The van der Waals surface area contributed by atoms with E-state index in [4.69, 9.17) is 5.73 Å². The van der Waals surface area contributed by atoms with Crippen LogP contribution in [0.15, 0.2) is 48.5 Å². The van der Waals surface area contributed by atoms with Crippen LogP contribution >= 0.6 is 0 Å². The van der Waals surface area contributed by atoms with Crippen molar-refractivity contribution in [2.45, 2.75) is 12.6 Å². The van der Waals surface area contributed by atoms with E-state index in [-0.39, 0.29) is 22.8 Å². The van der Waals surface area contributed by atoms with Crippen LogP contribution in [0.3, 0.4) is 0 Å². The number of anilines is 1. The highest BCUT2D eigenvalue weighted by atomic mass is 19.4. The number of H-pyrrole nitrogens is 1. The van der Waals surface area contributed by atoms with E-state index in [0.29, 0.717) is 18.5 Å². The second kappa shape index (κ2) is 8.02. The number of hydrogen-bond donors (Lipinski definition) is 2. The van der Waals surface area contributed by atoms with E-state index < -0.39 is 11.7 Å². The average molecular weight is 416 g/mol. The molecule has 0 aliphatic carbocycles. The summed E-state index contributed by atoms with van der Waals surface area (Å²) < 4.78 is 38.9. The van der Waals surface area contributed by atoms with Gasteiger partial charge in [-0.3, -0.25) is 9.69 Å². The fourth-order valence-electron chi connectivity index (χ4n) is 3.89. The lowest BCUT2D eigenvalue weighted by Gasteiger charge is -2.34. The van der Waals surface area contributed by atoms with Gasteiger partial charge in [0.2, 0.25) is 0 Å². The number of fused-ring (bicyclic) bond motifs is 1. The summed E-state index contributed by atoms with van der Waals surface area (Å²) in [4.78, 5) is 19.8. The fraction of sp³-hybridized carbons (Fsp3) is 0.318. The third-order valence-corrected chi connectivity index (χ3v) is 5.59. The van der Waals surface area contributed by atoms with E-state index in [1.807, 2.05) is 18.2 Å². The van der Waals surface area contributed by atoms with Crippen LogP contribution < -0.4 is 5.73 Å². The SMILES string of the molecule is Nc1[nH]c2cc(C(F)(F)F)ccc2c1C(=O)N1CCN(CCc2ccccc2)CC1. The van der Waals surface area contributed by atoms with Crippen molar-refractivity contribution in [3.63, 3.8) is 0 Å². The third-order valence-electron chi connectivity index (χ3n) is 5.59. The van der Waals surface area contributed by atoms with Crippen molar-refractivity contribution in [3.05, 3.63) is 65.2 Å². The molecule has 5 nitrogen and oxygen atoms in total. The summed E-state index contributed by atoms with van der Waals surface area (Å²) in [6.07, 6.45) is -3.50. The number of nitrogens with one attached hydrogen (secondary N) is 1. The molecule has 2 aromatic carbocycles. The molecule has 0 atom stereocenters. The predicted octanol–water partition coefficient (Wildman–Crippen LogP) is 3.77. The first-order valence-electron chi connectivity index (χ1n) is 9.87. The Morgan fingerprint density at radius 3 is 2.40 bits per heavy atom. The topological polar surface area (TPSA) is 65.4 Å². The summed E-state index contributed by atoms with van der Waals surface area (Å²) in [6, 6.07) is 13.5. The molecule has 2 heterocycles. The molecule has 158 valence electrons. The molecular weight excluding hydrogens is 393 g/mol. The Balaban J connectivity index is 1.43. The molecule has 1 saturated heterocycles. The maximum Gasteiger partial charge on any atom is 0.416 e. The summed E-state index contributed by atoms with van der Waals surface area (Å²) in [5.41, 5.74) is 6.93. The van der Waals surface area contributed by atoms with Gasteiger partial charge < -0.3 is 15.6 Å². The van der Waals surface area contributed by atoms with Crippen LogP contribution in [0, 0.1) is 0 Å². The number of carbonyl (C=O) groups is 1. The number of benzene rings is 2. The molecule has 1 amide bonds. The van der Waals surface area contributed by atoms with Crippen LogP contribution in [0.4, 0.5) is 19.0 Å². The quantitative estimate of drug-likeness (QED) is 0.681. The number of aromatic nitrogens is 1. The van der Waals surface area contributed by atoms with Gasteiger partial charge in [-0.2, -0.15) is 13.2 Å². The van der Waals surface area contributed by atoms with E-state index in [1.54, 1.807) is 4.90 Å². The van der Waals surface area contributed by atoms with Crippen molar-refractivity contribution in [1.29, 1.82) is 0 Å². The van der Waals surface area contributed by atoms with Gasteiger partial charge in [0.25, 0.3) is 5.91 Å². The Bertz CT molecular complexity index is 1040. The van der Waals surface area contributed by atoms with Crippen LogP contribution in [0.1, 0.15) is 21.5 Å². The Kier molecular flexibility index (Phi) is 5.42. The smallest absolute Gasteiger partial charge is 0.385 e. The Morgan fingerprint density at radius 2 is 1.73 bits per heavy atom. The van der Waals surface area contributed by atoms with Crippen molar-refractivity contribution < 1.29 is 18.0 Å². The summed E-state index contributed by atoms with van der Waals surface area (Å²) >= 11 is 0. The number of piperazine rings is 1. The average Bonchev–Trinajstić information content (AvgIpc) is 3.07. The number of amides is 1. The highest BCUT2D eigenvalue weighted by Gasteiger charge is 2.32.